The van der Waals surface area contributed by atoms with Gasteiger partial charge in [0.15, 0.2) is 0 Å². The molecule has 3 aliphatic rings. The van der Waals surface area contributed by atoms with Crippen LogP contribution in [-0.4, -0.2) is 68.1 Å². The van der Waals surface area contributed by atoms with Gasteiger partial charge in [-0.15, -0.1) is 0 Å². The van der Waals surface area contributed by atoms with Gasteiger partial charge in [-0.1, -0.05) is 12.6 Å². The second-order valence-corrected chi connectivity index (χ2v) is 11.2. The zero-order valence-electron chi connectivity index (χ0n) is 22.5. The lowest BCUT2D eigenvalue weighted by Crippen LogP contribution is -2.51. The van der Waals surface area contributed by atoms with Gasteiger partial charge in [0.25, 0.3) is 11.8 Å². The number of rotatable bonds is 5. The molecule has 11 nitrogen and oxygen atoms in total. The molecular weight excluding hydrogens is 500 g/mol. The first-order valence-corrected chi connectivity index (χ1v) is 13.3. The summed E-state index contributed by atoms with van der Waals surface area (Å²) in [6, 6.07) is 4.41. The van der Waals surface area contributed by atoms with Crippen LogP contribution in [0.1, 0.15) is 78.8 Å². The molecule has 0 aliphatic carbocycles. The first kappa shape index (κ1) is 26.5. The smallest absolute Gasteiger partial charge is 0.410 e. The van der Waals surface area contributed by atoms with E-state index in [4.69, 9.17) is 4.74 Å². The number of nitrogens with one attached hydrogen (secondary N) is 2. The zero-order chi connectivity index (χ0) is 27.9. The number of aromatic nitrogens is 2. The Morgan fingerprint density at radius 2 is 1.90 bits per heavy atom. The average molecular weight is 535 g/mol. The predicted molar refractivity (Wildman–Crippen MR) is 143 cm³/mol. The fraction of sp³-hybridized carbons (Fsp3) is 0.464. The number of likely N-dealkylation sites (tertiary alicyclic amines) is 1. The number of hydrogen-bond acceptors (Lipinski definition) is 7. The van der Waals surface area contributed by atoms with Gasteiger partial charge in [-0.2, -0.15) is 5.10 Å². The molecule has 1 aromatic heterocycles. The van der Waals surface area contributed by atoms with Crippen LogP contribution in [0.25, 0.3) is 0 Å². The summed E-state index contributed by atoms with van der Waals surface area (Å²) < 4.78 is 7.40. The van der Waals surface area contributed by atoms with Crippen LogP contribution in [0, 0.1) is 0 Å². The van der Waals surface area contributed by atoms with Crippen LogP contribution in [-0.2, 0) is 16.1 Å². The van der Waals surface area contributed by atoms with Crippen molar-refractivity contribution in [2.24, 2.45) is 0 Å². The third-order valence-electron chi connectivity index (χ3n) is 7.21. The van der Waals surface area contributed by atoms with E-state index in [9.17, 15) is 19.2 Å². The minimum Gasteiger partial charge on any atom is -0.444 e. The monoisotopic (exact) mass is 534 g/mol. The molecule has 1 unspecified atom stereocenters. The van der Waals surface area contributed by atoms with Gasteiger partial charge >= 0.3 is 6.09 Å². The summed E-state index contributed by atoms with van der Waals surface area (Å²) in [5, 5.41) is 10.5. The number of anilines is 1. The van der Waals surface area contributed by atoms with Crippen molar-refractivity contribution >= 4 is 29.5 Å². The van der Waals surface area contributed by atoms with Crippen LogP contribution in [0.5, 0.6) is 0 Å². The van der Waals surface area contributed by atoms with Gasteiger partial charge < -0.3 is 20.3 Å². The number of imide groups is 1. The van der Waals surface area contributed by atoms with Gasteiger partial charge in [-0.05, 0) is 58.6 Å². The average Bonchev–Trinajstić information content (AvgIpc) is 3.45. The molecule has 206 valence electrons. The van der Waals surface area contributed by atoms with Crippen molar-refractivity contribution in [1.82, 2.24) is 24.9 Å². The van der Waals surface area contributed by atoms with Crippen LogP contribution in [0.2, 0.25) is 0 Å². The van der Waals surface area contributed by atoms with Gasteiger partial charge in [-0.25, -0.2) is 4.79 Å². The molecular formula is C28H34N6O5. The first-order valence-electron chi connectivity index (χ1n) is 13.3. The van der Waals surface area contributed by atoms with Crippen molar-refractivity contribution in [1.29, 1.82) is 0 Å². The number of fused-ring (bicyclic) bond motifs is 1. The molecule has 3 aliphatic heterocycles. The fourth-order valence-electron chi connectivity index (χ4n) is 5.25. The lowest BCUT2D eigenvalue weighted by atomic mass is 10.0. The molecule has 0 spiro atoms. The van der Waals surface area contributed by atoms with Crippen molar-refractivity contribution in [3.63, 3.8) is 0 Å². The van der Waals surface area contributed by atoms with E-state index in [-0.39, 0.29) is 29.2 Å². The summed E-state index contributed by atoms with van der Waals surface area (Å²) >= 11 is 0. The fourth-order valence-corrected chi connectivity index (χ4v) is 5.25. The van der Waals surface area contributed by atoms with Crippen molar-refractivity contribution in [2.45, 2.75) is 70.7 Å². The molecule has 4 amide bonds. The van der Waals surface area contributed by atoms with E-state index in [0.717, 1.165) is 23.3 Å². The standard InChI is InChI=1S/C28H34N6O5/c1-17-8-9-22(24(35)31-17)34-25(36)20-6-5-7-21(23(20)26(34)37)29-14-18-15-30-33(16-18)19-10-12-32(13-11-19)27(38)39-28(2,3)4/h5-7,15-16,19,22,29H,1,8-14H2,2-4H3,(H,31,35). The Kier molecular flexibility index (Phi) is 6.92. The number of nitrogens with zero attached hydrogens (tertiary/aromatic N) is 4. The highest BCUT2D eigenvalue weighted by atomic mass is 16.6. The summed E-state index contributed by atoms with van der Waals surface area (Å²) in [5.41, 5.74) is 2.08. The van der Waals surface area contributed by atoms with E-state index in [1.54, 1.807) is 29.3 Å². The normalized spacial score (nSPS) is 20.2. The van der Waals surface area contributed by atoms with Crippen molar-refractivity contribution in [3.8, 4) is 0 Å². The molecule has 39 heavy (non-hydrogen) atoms. The van der Waals surface area contributed by atoms with Crippen LogP contribution < -0.4 is 10.6 Å². The summed E-state index contributed by atoms with van der Waals surface area (Å²) in [4.78, 5) is 54.1. The third-order valence-corrected chi connectivity index (χ3v) is 7.21. The topological polar surface area (TPSA) is 126 Å². The number of benzene rings is 1. The van der Waals surface area contributed by atoms with Gasteiger partial charge in [0.1, 0.15) is 11.6 Å². The Hall–Kier alpha value is -4.15. The second kappa shape index (κ2) is 10.2. The highest BCUT2D eigenvalue weighted by Gasteiger charge is 2.45. The Morgan fingerprint density at radius 3 is 2.59 bits per heavy atom. The minimum atomic E-state index is -0.851. The predicted octanol–water partition coefficient (Wildman–Crippen LogP) is 3.46. The number of piperidine rings is 2. The molecule has 2 aromatic rings. The quantitative estimate of drug-likeness (QED) is 0.563. The summed E-state index contributed by atoms with van der Waals surface area (Å²) in [6.07, 6.45) is 5.86. The molecule has 2 N–H and O–H groups in total. The molecule has 2 saturated heterocycles. The van der Waals surface area contributed by atoms with Gasteiger partial charge in [0.2, 0.25) is 5.91 Å². The third kappa shape index (κ3) is 5.39. The maximum atomic E-state index is 13.3. The minimum absolute atomic E-state index is 0.170. The van der Waals surface area contributed by atoms with Crippen LogP contribution in [0.15, 0.2) is 42.9 Å². The molecule has 0 bridgehead atoms. The van der Waals surface area contributed by atoms with Crippen LogP contribution >= 0.6 is 0 Å². The maximum Gasteiger partial charge on any atom is 0.410 e. The number of carbonyl (C=O) groups excluding carboxylic acids is 4. The summed E-state index contributed by atoms with van der Waals surface area (Å²) in [7, 11) is 0. The maximum absolute atomic E-state index is 13.3. The van der Waals surface area contributed by atoms with E-state index in [1.165, 1.54) is 0 Å². The Bertz CT molecular complexity index is 1330. The lowest BCUT2D eigenvalue weighted by Gasteiger charge is -2.33. The number of ether oxygens (including phenoxy) is 1. The van der Waals surface area contributed by atoms with Crippen LogP contribution in [0.4, 0.5) is 10.5 Å². The zero-order valence-corrected chi connectivity index (χ0v) is 22.5. The summed E-state index contributed by atoms with van der Waals surface area (Å²) in [5.74, 6) is -1.32. The Balaban J connectivity index is 1.21. The van der Waals surface area contributed by atoms with Crippen molar-refractivity contribution in [3.05, 3.63) is 59.6 Å². The van der Waals surface area contributed by atoms with E-state index in [2.05, 4.69) is 22.3 Å². The molecule has 2 fully saturated rings. The number of allylic oxidation sites excluding steroid dienone is 1. The molecule has 0 radical (unpaired) electrons. The van der Waals surface area contributed by atoms with E-state index in [1.807, 2.05) is 31.6 Å². The first-order chi connectivity index (χ1) is 18.5. The van der Waals surface area contributed by atoms with E-state index < -0.39 is 23.5 Å². The van der Waals surface area contributed by atoms with Gasteiger partial charge in [0.05, 0.1) is 23.4 Å². The van der Waals surface area contributed by atoms with E-state index >= 15 is 0 Å². The van der Waals surface area contributed by atoms with Crippen molar-refractivity contribution < 1.29 is 23.9 Å². The number of amides is 4. The number of hydrogen-bond donors (Lipinski definition) is 2. The Labute approximate surface area is 227 Å². The molecule has 4 heterocycles. The second-order valence-electron chi connectivity index (χ2n) is 11.2. The van der Waals surface area contributed by atoms with Crippen LogP contribution in [0.3, 0.4) is 0 Å². The van der Waals surface area contributed by atoms with Gasteiger partial charge in [0, 0.05) is 42.8 Å². The lowest BCUT2D eigenvalue weighted by molar-refractivity contribution is -0.125. The Morgan fingerprint density at radius 1 is 1.15 bits per heavy atom. The largest absolute Gasteiger partial charge is 0.444 e. The highest BCUT2D eigenvalue weighted by Crippen LogP contribution is 2.33. The number of carbonyl (C=O) groups is 4. The highest BCUT2D eigenvalue weighted by molar-refractivity contribution is 6.25. The van der Waals surface area contributed by atoms with Gasteiger partial charge in [-0.3, -0.25) is 24.0 Å². The molecule has 1 atom stereocenters. The van der Waals surface area contributed by atoms with E-state index in [0.29, 0.717) is 43.9 Å². The molecule has 0 saturated carbocycles. The molecule has 5 rings (SSSR count). The molecule has 1 aromatic carbocycles. The molecule has 11 heteroatoms. The summed E-state index contributed by atoms with van der Waals surface area (Å²) in [6.45, 7) is 10.9. The SMILES string of the molecule is C=C1CCC(N2C(=O)c3cccc(NCc4cnn(C5CCN(C(=O)OC(C)(C)C)CC5)c4)c3C2=O)C(=O)N1. The van der Waals surface area contributed by atoms with Crippen molar-refractivity contribution in [2.75, 3.05) is 18.4 Å².